The number of hydrogen-bond donors (Lipinski definition) is 4. The maximum absolute atomic E-state index is 9.00. The molecule has 0 bridgehead atoms. The minimum atomic E-state index is -0.833. The van der Waals surface area contributed by atoms with Gasteiger partial charge < -0.3 is 20.4 Å². The number of rotatable bonds is 0. The van der Waals surface area contributed by atoms with Crippen LogP contribution in [0.5, 0.6) is 0 Å². The second-order valence-electron chi connectivity index (χ2n) is 2.08. The summed E-state index contributed by atoms with van der Waals surface area (Å²) in [5.74, 6) is -3.33. The van der Waals surface area contributed by atoms with E-state index in [1.54, 1.807) is 0 Å². The van der Waals surface area contributed by atoms with Gasteiger partial charge in [-0.1, -0.05) is 0 Å². The van der Waals surface area contributed by atoms with Crippen molar-refractivity contribution >= 4 is 42.9 Å². The van der Waals surface area contributed by atoms with Crippen LogP contribution in [0.2, 0.25) is 0 Å². The van der Waals surface area contributed by atoms with E-state index in [1.165, 1.54) is 36.4 Å². The molecule has 0 heterocycles. The number of carboxylic acid groups (broad SMARTS) is 4. The fourth-order valence-corrected chi connectivity index (χ4v) is 0. The van der Waals surface area contributed by atoms with E-state index in [0.717, 1.165) is 27.7 Å². The molecule has 0 fully saturated rings. The van der Waals surface area contributed by atoms with Crippen LogP contribution in [0.25, 0.3) is 0 Å². The zero-order chi connectivity index (χ0) is 18.3. The van der Waals surface area contributed by atoms with Gasteiger partial charge >= 0.3 is 55.4 Å². The average Bonchev–Trinajstić information content (AvgIpc) is 2.19. The Morgan fingerprint density at radius 3 is 0.550 bits per heavy atom. The summed E-state index contributed by atoms with van der Waals surface area (Å²) in [6, 6.07) is 0. The first kappa shape index (κ1) is 36.7. The SMILES string of the molecule is CC(=O)O.CC(=O)O.CC(=O)O.CC(=O)O.[Cl][Re].[Cl][Re]. The summed E-state index contributed by atoms with van der Waals surface area (Å²) in [5.41, 5.74) is 0. The molecule has 0 saturated carbocycles. The van der Waals surface area contributed by atoms with Crippen molar-refractivity contribution in [2.75, 3.05) is 0 Å². The van der Waals surface area contributed by atoms with Crippen LogP contribution in [0.3, 0.4) is 0 Å². The van der Waals surface area contributed by atoms with E-state index in [9.17, 15) is 0 Å². The normalized spacial score (nSPS) is 5.60. The fourth-order valence-electron chi connectivity index (χ4n) is 0. The first-order valence-corrected chi connectivity index (χ1v) is 10.7. The topological polar surface area (TPSA) is 149 Å². The van der Waals surface area contributed by atoms with Crippen LogP contribution in [-0.4, -0.2) is 44.3 Å². The Morgan fingerprint density at radius 2 is 0.550 bits per heavy atom. The Balaban J connectivity index is -0.0000000301. The molecule has 0 amide bonds. The van der Waals surface area contributed by atoms with Gasteiger partial charge in [0.2, 0.25) is 0 Å². The molecule has 124 valence electrons. The molecule has 0 aromatic carbocycles. The second-order valence-corrected chi connectivity index (χ2v) is 2.08. The summed E-state index contributed by atoms with van der Waals surface area (Å²) in [4.78, 5) is 36.0. The summed E-state index contributed by atoms with van der Waals surface area (Å²) in [6.07, 6.45) is 0. The number of aliphatic carboxylic acids is 4. The minimum absolute atomic E-state index is 0.833. The summed E-state index contributed by atoms with van der Waals surface area (Å²) in [7, 11) is 9.39. The van der Waals surface area contributed by atoms with Crippen molar-refractivity contribution in [3.05, 3.63) is 0 Å². The van der Waals surface area contributed by atoms with Crippen LogP contribution < -0.4 is 0 Å². The van der Waals surface area contributed by atoms with Crippen molar-refractivity contribution in [2.24, 2.45) is 0 Å². The molecule has 4 N–H and O–H groups in total. The van der Waals surface area contributed by atoms with Gasteiger partial charge in [-0.15, -0.1) is 0 Å². The van der Waals surface area contributed by atoms with E-state index in [0.29, 0.717) is 0 Å². The molecule has 0 aliphatic rings. The molecule has 0 unspecified atom stereocenters. The summed E-state index contributed by atoms with van der Waals surface area (Å²) in [5, 5.41) is 29.7. The molecular weight excluding hydrogens is 667 g/mol. The van der Waals surface area contributed by atoms with Crippen LogP contribution in [0.15, 0.2) is 0 Å². The van der Waals surface area contributed by atoms with Gasteiger partial charge in [-0.3, -0.25) is 19.2 Å². The summed E-state index contributed by atoms with van der Waals surface area (Å²) < 4.78 is 0. The summed E-state index contributed by atoms with van der Waals surface area (Å²) in [6.45, 7) is 4.33. The molecule has 0 saturated heterocycles. The van der Waals surface area contributed by atoms with Crippen molar-refractivity contribution in [1.82, 2.24) is 0 Å². The number of hydrogen-bond acceptors (Lipinski definition) is 4. The van der Waals surface area contributed by atoms with Crippen LogP contribution in [-0.2, 0) is 55.5 Å². The van der Waals surface area contributed by atoms with Gasteiger partial charge in [0.15, 0.2) is 0 Å². The Morgan fingerprint density at radius 1 is 0.550 bits per heavy atom. The molecule has 0 radical (unpaired) electrons. The van der Waals surface area contributed by atoms with Crippen molar-refractivity contribution < 1.29 is 76.0 Å². The van der Waals surface area contributed by atoms with Crippen LogP contribution >= 0.6 is 19.1 Å². The van der Waals surface area contributed by atoms with Crippen molar-refractivity contribution in [2.45, 2.75) is 27.7 Å². The summed E-state index contributed by atoms with van der Waals surface area (Å²) >= 11 is 2.39. The van der Waals surface area contributed by atoms with Gasteiger partial charge in [-0.25, -0.2) is 0 Å². The third kappa shape index (κ3) is 108000. The van der Waals surface area contributed by atoms with E-state index in [1.807, 2.05) is 0 Å². The Labute approximate surface area is 146 Å². The predicted octanol–water partition coefficient (Wildman–Crippen LogP) is 1.74. The van der Waals surface area contributed by atoms with Gasteiger partial charge in [-0.05, 0) is 0 Å². The first-order valence-electron chi connectivity index (χ1n) is 4.00. The molecule has 0 rings (SSSR count). The molecule has 0 aromatic rings. The molecule has 12 heteroatoms. The van der Waals surface area contributed by atoms with E-state index in [2.05, 4.69) is 0 Å². The van der Waals surface area contributed by atoms with Gasteiger partial charge in [0, 0.05) is 27.7 Å². The molecule has 0 atom stereocenters. The molecule has 20 heavy (non-hydrogen) atoms. The van der Waals surface area contributed by atoms with Gasteiger partial charge in [-0.2, -0.15) is 0 Å². The third-order valence-electron chi connectivity index (χ3n) is 0. The van der Waals surface area contributed by atoms with E-state index < -0.39 is 23.9 Å². The molecule has 8 nitrogen and oxygen atoms in total. The zero-order valence-corrected chi connectivity index (χ0v) is 17.9. The fraction of sp³-hybridized carbons (Fsp3) is 0.500. The van der Waals surface area contributed by atoms with Crippen LogP contribution in [0, 0.1) is 0 Å². The standard InChI is InChI=1S/4C2H4O2.2ClH.2Re/c4*1-2(3)4;;;;/h4*1H3,(H,3,4);2*1H;;/q;;;;;;2*+1/p-2. The molecule has 0 aliphatic heterocycles. The molecule has 0 aliphatic carbocycles. The predicted molar refractivity (Wildman–Crippen MR) is 64.9 cm³/mol. The van der Waals surface area contributed by atoms with E-state index >= 15 is 0 Å². The van der Waals surface area contributed by atoms with Crippen molar-refractivity contribution in [1.29, 1.82) is 0 Å². The average molecular weight is 684 g/mol. The first-order chi connectivity index (χ1) is 8.93. The van der Waals surface area contributed by atoms with E-state index in [4.69, 9.17) is 58.7 Å². The number of halogens is 2. The van der Waals surface area contributed by atoms with Crippen LogP contribution in [0.4, 0.5) is 0 Å². The Hall–Kier alpha value is -0.215. The van der Waals surface area contributed by atoms with E-state index in [-0.39, 0.29) is 0 Å². The second kappa shape index (κ2) is 42.8. The van der Waals surface area contributed by atoms with Crippen molar-refractivity contribution in [3.63, 3.8) is 0 Å². The quantitative estimate of drug-likeness (QED) is 0.302. The number of carboxylic acids is 4. The molecule has 0 spiro atoms. The van der Waals surface area contributed by atoms with Crippen molar-refractivity contribution in [3.8, 4) is 0 Å². The molecular formula is C8H16Cl2O8Re2. The third-order valence-corrected chi connectivity index (χ3v) is 0. The van der Waals surface area contributed by atoms with Gasteiger partial charge in [0.25, 0.3) is 23.9 Å². The van der Waals surface area contributed by atoms with Gasteiger partial charge in [0.05, 0.1) is 0 Å². The Kier molecular flexibility index (Phi) is 78.6. The van der Waals surface area contributed by atoms with Gasteiger partial charge in [0.1, 0.15) is 0 Å². The number of carbonyl (C=O) groups is 4. The zero-order valence-electron chi connectivity index (χ0n) is 10.9. The maximum atomic E-state index is 9.00. The van der Waals surface area contributed by atoms with Crippen LogP contribution in [0.1, 0.15) is 27.7 Å². The Bertz CT molecular complexity index is 175. The monoisotopic (exact) mass is 684 g/mol. The molecule has 0 aromatic heterocycles.